The molecule has 0 saturated carbocycles. The number of aromatic nitrogens is 2. The second kappa shape index (κ2) is 7.50. The Bertz CT molecular complexity index is 1210. The first-order chi connectivity index (χ1) is 13.9. The van der Waals surface area contributed by atoms with Crippen molar-refractivity contribution in [1.29, 1.82) is 0 Å². The van der Waals surface area contributed by atoms with Crippen LogP contribution in [-0.2, 0) is 6.42 Å². The van der Waals surface area contributed by atoms with E-state index in [1.54, 1.807) is 31.2 Å². The summed E-state index contributed by atoms with van der Waals surface area (Å²) in [7, 11) is 0. The molecule has 3 aromatic heterocycles. The van der Waals surface area contributed by atoms with Gasteiger partial charge >= 0.3 is 0 Å². The van der Waals surface area contributed by atoms with E-state index in [2.05, 4.69) is 15.5 Å². The van der Waals surface area contributed by atoms with Gasteiger partial charge in [0.15, 0.2) is 0 Å². The van der Waals surface area contributed by atoms with Gasteiger partial charge in [0.25, 0.3) is 11.6 Å². The molecule has 0 fully saturated rings. The molecule has 0 aliphatic rings. The first-order valence-electron chi connectivity index (χ1n) is 9.30. The molecular weight excluding hydrogens is 373 g/mol. The number of furan rings is 1. The number of nitrogens with zero attached hydrogens (tertiary/aromatic N) is 2. The van der Waals surface area contributed by atoms with Crippen molar-refractivity contribution < 1.29 is 18.1 Å². The summed E-state index contributed by atoms with van der Waals surface area (Å²) in [6, 6.07) is 10.1. The lowest BCUT2D eigenvalue weighted by molar-refractivity contribution is 0.0955. The van der Waals surface area contributed by atoms with Crippen molar-refractivity contribution in [1.82, 2.24) is 15.5 Å². The van der Waals surface area contributed by atoms with Crippen molar-refractivity contribution in [3.8, 4) is 11.3 Å². The lowest BCUT2D eigenvalue weighted by Crippen LogP contribution is -2.26. The van der Waals surface area contributed by atoms with Gasteiger partial charge in [0.1, 0.15) is 17.3 Å². The minimum absolute atomic E-state index is 0.281. The van der Waals surface area contributed by atoms with Gasteiger partial charge in [0.05, 0.1) is 22.3 Å². The van der Waals surface area contributed by atoms with Crippen LogP contribution >= 0.6 is 0 Å². The Morgan fingerprint density at radius 3 is 2.69 bits per heavy atom. The third-order valence-electron chi connectivity index (χ3n) is 4.82. The molecule has 4 aromatic rings. The molecule has 0 saturated heterocycles. The van der Waals surface area contributed by atoms with Crippen LogP contribution in [0.3, 0.4) is 0 Å². The molecule has 1 aromatic carbocycles. The monoisotopic (exact) mass is 393 g/mol. The maximum absolute atomic E-state index is 13.8. The van der Waals surface area contributed by atoms with E-state index in [-0.39, 0.29) is 17.4 Å². The number of halogens is 1. The molecule has 1 N–H and O–H groups in total. The predicted molar refractivity (Wildman–Crippen MR) is 106 cm³/mol. The third kappa shape index (κ3) is 3.63. The van der Waals surface area contributed by atoms with Crippen LogP contribution in [0.4, 0.5) is 4.39 Å². The summed E-state index contributed by atoms with van der Waals surface area (Å²) in [5.41, 5.74) is 3.20. The predicted octanol–water partition coefficient (Wildman–Crippen LogP) is 4.52. The summed E-state index contributed by atoms with van der Waals surface area (Å²) < 4.78 is 24.7. The van der Waals surface area contributed by atoms with E-state index in [0.29, 0.717) is 46.6 Å². The number of amides is 1. The van der Waals surface area contributed by atoms with Crippen molar-refractivity contribution in [3.05, 3.63) is 70.6 Å². The standard InChI is InChI=1S/C22H20FN3O3/c1-12-10-16(14(3)28-12)19-11-17(20-13(2)26-29-22(20)25-19)21(27)24-9-8-15-6-4-5-7-18(15)23/h4-7,10-11H,8-9H2,1-3H3,(H,24,27). The Balaban J connectivity index is 1.64. The van der Waals surface area contributed by atoms with E-state index in [9.17, 15) is 9.18 Å². The lowest BCUT2D eigenvalue weighted by atomic mass is 10.1. The molecule has 0 spiro atoms. The van der Waals surface area contributed by atoms with E-state index in [1.807, 2.05) is 19.9 Å². The van der Waals surface area contributed by atoms with E-state index in [1.165, 1.54) is 6.07 Å². The number of hydrogen-bond acceptors (Lipinski definition) is 5. The second-order valence-electron chi connectivity index (χ2n) is 6.93. The highest BCUT2D eigenvalue weighted by atomic mass is 19.1. The molecule has 4 rings (SSSR count). The summed E-state index contributed by atoms with van der Waals surface area (Å²) in [4.78, 5) is 17.4. The Kier molecular flexibility index (Phi) is 4.88. The van der Waals surface area contributed by atoms with E-state index >= 15 is 0 Å². The number of carbonyl (C=O) groups is 1. The highest BCUT2D eigenvalue weighted by Gasteiger charge is 2.21. The van der Waals surface area contributed by atoms with Gasteiger partial charge in [-0.25, -0.2) is 9.37 Å². The van der Waals surface area contributed by atoms with Gasteiger partial charge in [-0.15, -0.1) is 0 Å². The summed E-state index contributed by atoms with van der Waals surface area (Å²) in [5, 5.41) is 7.37. The molecular formula is C22H20FN3O3. The molecule has 1 amide bonds. The van der Waals surface area contributed by atoms with E-state index in [4.69, 9.17) is 8.94 Å². The quantitative estimate of drug-likeness (QED) is 0.539. The average Bonchev–Trinajstić information content (AvgIpc) is 3.24. The van der Waals surface area contributed by atoms with Gasteiger partial charge < -0.3 is 14.3 Å². The fourth-order valence-corrected chi connectivity index (χ4v) is 3.40. The highest BCUT2D eigenvalue weighted by Crippen LogP contribution is 2.30. The summed E-state index contributed by atoms with van der Waals surface area (Å²) in [6.45, 7) is 5.75. The fourth-order valence-electron chi connectivity index (χ4n) is 3.40. The average molecular weight is 393 g/mol. The molecule has 0 aliphatic carbocycles. The Hall–Kier alpha value is -3.48. The summed E-state index contributed by atoms with van der Waals surface area (Å²) in [6.07, 6.45) is 0.391. The number of carbonyl (C=O) groups excluding carboxylic acids is 1. The van der Waals surface area contributed by atoms with Gasteiger partial charge in [-0.1, -0.05) is 23.4 Å². The Morgan fingerprint density at radius 2 is 1.97 bits per heavy atom. The first kappa shape index (κ1) is 18.9. The fraction of sp³-hybridized carbons (Fsp3) is 0.227. The molecule has 0 radical (unpaired) electrons. The molecule has 29 heavy (non-hydrogen) atoms. The first-order valence-corrected chi connectivity index (χ1v) is 9.30. The molecule has 6 nitrogen and oxygen atoms in total. The Morgan fingerprint density at radius 1 is 1.17 bits per heavy atom. The SMILES string of the molecule is Cc1cc(-c2cc(C(=O)NCCc3ccccc3F)c3c(C)noc3n2)c(C)o1. The number of rotatable bonds is 5. The largest absolute Gasteiger partial charge is 0.466 e. The zero-order valence-corrected chi connectivity index (χ0v) is 16.4. The third-order valence-corrected chi connectivity index (χ3v) is 4.82. The van der Waals surface area contributed by atoms with Gasteiger partial charge in [-0.05, 0) is 51.0 Å². The van der Waals surface area contributed by atoms with Crippen LogP contribution in [0.5, 0.6) is 0 Å². The maximum Gasteiger partial charge on any atom is 0.259 e. The van der Waals surface area contributed by atoms with E-state index < -0.39 is 0 Å². The zero-order chi connectivity index (χ0) is 20.5. The number of aryl methyl sites for hydroxylation is 3. The molecule has 7 heteroatoms. The molecule has 0 aliphatic heterocycles. The van der Waals surface area contributed by atoms with Crippen molar-refractivity contribution in [2.75, 3.05) is 6.54 Å². The number of pyridine rings is 1. The molecule has 3 heterocycles. The summed E-state index contributed by atoms with van der Waals surface area (Å²) >= 11 is 0. The maximum atomic E-state index is 13.8. The van der Waals surface area contributed by atoms with Gasteiger partial charge in [-0.3, -0.25) is 4.79 Å². The molecule has 148 valence electrons. The molecule has 0 unspecified atom stereocenters. The normalized spacial score (nSPS) is 11.2. The van der Waals surface area contributed by atoms with Crippen molar-refractivity contribution >= 4 is 17.0 Å². The van der Waals surface area contributed by atoms with Gasteiger partial charge in [0.2, 0.25) is 0 Å². The van der Waals surface area contributed by atoms with Crippen molar-refractivity contribution in [3.63, 3.8) is 0 Å². The van der Waals surface area contributed by atoms with Crippen LogP contribution in [0.2, 0.25) is 0 Å². The Labute approximate surface area is 166 Å². The topological polar surface area (TPSA) is 81.2 Å². The van der Waals surface area contributed by atoms with Crippen LogP contribution < -0.4 is 5.32 Å². The van der Waals surface area contributed by atoms with Crippen molar-refractivity contribution in [2.24, 2.45) is 0 Å². The van der Waals surface area contributed by atoms with Crippen LogP contribution in [0.15, 0.2) is 45.3 Å². The van der Waals surface area contributed by atoms with Crippen LogP contribution in [0, 0.1) is 26.6 Å². The summed E-state index contributed by atoms with van der Waals surface area (Å²) in [5.74, 6) is 0.885. The lowest BCUT2D eigenvalue weighted by Gasteiger charge is -2.08. The van der Waals surface area contributed by atoms with Gasteiger partial charge in [-0.2, -0.15) is 0 Å². The van der Waals surface area contributed by atoms with E-state index in [0.717, 1.165) is 11.3 Å². The minimum Gasteiger partial charge on any atom is -0.466 e. The number of benzene rings is 1. The zero-order valence-electron chi connectivity index (χ0n) is 16.4. The minimum atomic E-state index is -0.292. The highest BCUT2D eigenvalue weighted by molar-refractivity contribution is 6.07. The van der Waals surface area contributed by atoms with Crippen molar-refractivity contribution in [2.45, 2.75) is 27.2 Å². The molecule has 0 bridgehead atoms. The number of hydrogen-bond donors (Lipinski definition) is 1. The smallest absolute Gasteiger partial charge is 0.259 e. The van der Waals surface area contributed by atoms with Crippen LogP contribution in [0.25, 0.3) is 22.4 Å². The second-order valence-corrected chi connectivity index (χ2v) is 6.93. The number of fused-ring (bicyclic) bond motifs is 1. The molecule has 0 atom stereocenters. The number of nitrogens with one attached hydrogen (secondary N) is 1. The van der Waals surface area contributed by atoms with Crippen LogP contribution in [-0.4, -0.2) is 22.6 Å². The van der Waals surface area contributed by atoms with Gasteiger partial charge in [0, 0.05) is 12.1 Å². The van der Waals surface area contributed by atoms with Crippen LogP contribution in [0.1, 0.15) is 33.1 Å².